The van der Waals surface area contributed by atoms with Crippen molar-refractivity contribution in [3.63, 3.8) is 0 Å². The topological polar surface area (TPSA) is 9.23 Å². The summed E-state index contributed by atoms with van der Waals surface area (Å²) in [6.07, 6.45) is 1.56. The third-order valence-corrected chi connectivity index (χ3v) is 8.48. The second-order valence-electron chi connectivity index (χ2n) is 7.67. The van der Waals surface area contributed by atoms with E-state index in [0.717, 1.165) is 0 Å². The molecule has 1 aliphatic rings. The van der Waals surface area contributed by atoms with E-state index >= 15 is 0 Å². The monoisotopic (exact) mass is 276 g/mol. The first-order valence-electron chi connectivity index (χ1n) is 7.40. The van der Waals surface area contributed by atoms with Crippen molar-refractivity contribution in [3.8, 4) is 0 Å². The molecule has 2 atom stereocenters. The molecular weight excluding hydrogens is 248 g/mol. The smallest absolute Gasteiger partial charge is 0.0834 e. The third-order valence-electron chi connectivity index (χ3n) is 5.03. The van der Waals surface area contributed by atoms with Gasteiger partial charge in [-0.3, -0.25) is 0 Å². The molecule has 1 aliphatic heterocycles. The molecule has 0 aromatic heterocycles. The summed E-state index contributed by atoms with van der Waals surface area (Å²) in [6, 6.07) is 12.2. The minimum atomic E-state index is -1.46. The average molecular weight is 276 g/mol. The second-order valence-corrected chi connectivity index (χ2v) is 12.4. The van der Waals surface area contributed by atoms with Gasteiger partial charge in [-0.2, -0.15) is 0 Å². The lowest BCUT2D eigenvalue weighted by Crippen LogP contribution is -2.51. The summed E-state index contributed by atoms with van der Waals surface area (Å²) < 4.78 is 6.36. The summed E-state index contributed by atoms with van der Waals surface area (Å²) in [4.78, 5) is 0. The average Bonchev–Trinajstić information content (AvgIpc) is 2.47. The van der Waals surface area contributed by atoms with Crippen LogP contribution in [0.4, 0.5) is 0 Å². The summed E-state index contributed by atoms with van der Waals surface area (Å²) in [5.74, 6) is 0. The zero-order valence-corrected chi connectivity index (χ0v) is 14.3. The molecule has 0 aliphatic carbocycles. The lowest BCUT2D eigenvalue weighted by molar-refractivity contribution is -0.0462. The van der Waals surface area contributed by atoms with Crippen molar-refractivity contribution in [1.29, 1.82) is 0 Å². The summed E-state index contributed by atoms with van der Waals surface area (Å²) >= 11 is 0. The third kappa shape index (κ3) is 2.80. The maximum atomic E-state index is 6.36. The second kappa shape index (κ2) is 4.74. The van der Waals surface area contributed by atoms with E-state index < -0.39 is 8.07 Å². The first-order chi connectivity index (χ1) is 8.66. The first-order valence-corrected chi connectivity index (χ1v) is 10.6. The highest BCUT2D eigenvalue weighted by Gasteiger charge is 2.52. The van der Waals surface area contributed by atoms with Crippen LogP contribution in [0.2, 0.25) is 19.1 Å². The van der Waals surface area contributed by atoms with Crippen LogP contribution < -0.4 is 5.19 Å². The Kier molecular flexibility index (Phi) is 3.70. The number of hydrogen-bond donors (Lipinski definition) is 0. The van der Waals surface area contributed by atoms with Gasteiger partial charge in [0.15, 0.2) is 0 Å². The molecule has 1 fully saturated rings. The van der Waals surface area contributed by atoms with E-state index in [1.807, 2.05) is 0 Å². The summed E-state index contributed by atoms with van der Waals surface area (Å²) in [5, 5.41) is 1.54. The van der Waals surface area contributed by atoms with Crippen molar-refractivity contribution in [1.82, 2.24) is 0 Å². The van der Waals surface area contributed by atoms with Crippen molar-refractivity contribution < 1.29 is 4.74 Å². The van der Waals surface area contributed by atoms with Crippen LogP contribution in [0.3, 0.4) is 0 Å². The molecule has 0 bridgehead atoms. The van der Waals surface area contributed by atoms with Gasteiger partial charge in [-0.05, 0) is 31.7 Å². The van der Waals surface area contributed by atoms with Gasteiger partial charge in [-0.15, -0.1) is 0 Å². The van der Waals surface area contributed by atoms with Crippen molar-refractivity contribution in [2.24, 2.45) is 5.41 Å². The van der Waals surface area contributed by atoms with E-state index in [1.54, 1.807) is 0 Å². The SMILES string of the molecule is C[C@H]1CC(C)(C)[C@@](C)(C[Si](C)(C)c2ccccc2)O1. The Labute approximate surface area is 119 Å². The van der Waals surface area contributed by atoms with Crippen LogP contribution in [-0.2, 0) is 4.74 Å². The van der Waals surface area contributed by atoms with Crippen molar-refractivity contribution >= 4 is 13.3 Å². The minimum Gasteiger partial charge on any atom is -0.372 e. The molecule has 0 saturated carbocycles. The first kappa shape index (κ1) is 14.8. The van der Waals surface area contributed by atoms with Crippen LogP contribution in [0, 0.1) is 5.41 Å². The van der Waals surface area contributed by atoms with Gasteiger partial charge in [-0.1, -0.05) is 62.5 Å². The van der Waals surface area contributed by atoms with E-state index in [1.165, 1.54) is 17.7 Å². The lowest BCUT2D eigenvalue weighted by atomic mass is 9.76. The number of ether oxygens (including phenoxy) is 1. The van der Waals surface area contributed by atoms with E-state index in [2.05, 4.69) is 71.1 Å². The van der Waals surface area contributed by atoms with Gasteiger partial charge < -0.3 is 4.74 Å². The number of hydrogen-bond acceptors (Lipinski definition) is 1. The predicted octanol–water partition coefficient (Wildman–Crippen LogP) is 4.20. The fraction of sp³-hybridized carbons (Fsp3) is 0.647. The zero-order valence-electron chi connectivity index (χ0n) is 13.3. The molecule has 0 spiro atoms. The molecule has 0 unspecified atom stereocenters. The van der Waals surface area contributed by atoms with Gasteiger partial charge in [0.2, 0.25) is 0 Å². The summed E-state index contributed by atoms with van der Waals surface area (Å²) in [5.41, 5.74) is 0.281. The van der Waals surface area contributed by atoms with Gasteiger partial charge in [0, 0.05) is 0 Å². The van der Waals surface area contributed by atoms with Crippen LogP contribution in [0.25, 0.3) is 0 Å². The van der Waals surface area contributed by atoms with Gasteiger partial charge >= 0.3 is 0 Å². The van der Waals surface area contributed by atoms with Crippen LogP contribution in [0.1, 0.15) is 34.1 Å². The van der Waals surface area contributed by atoms with E-state index in [0.29, 0.717) is 6.10 Å². The normalized spacial score (nSPS) is 30.5. The molecule has 1 saturated heterocycles. The molecule has 106 valence electrons. The Morgan fingerprint density at radius 2 is 1.74 bits per heavy atom. The largest absolute Gasteiger partial charge is 0.372 e. The molecule has 1 nitrogen and oxygen atoms in total. The van der Waals surface area contributed by atoms with Crippen LogP contribution in [0.15, 0.2) is 30.3 Å². The standard InChI is InChI=1S/C17H28OSi/c1-14-12-16(2,3)17(4,18-14)13-19(5,6)15-10-8-7-9-11-15/h7-11,14H,12-13H2,1-6H3/t14-,17+/m0/s1. The summed E-state index contributed by atoms with van der Waals surface area (Å²) in [6.45, 7) is 14.2. The van der Waals surface area contributed by atoms with E-state index in [9.17, 15) is 0 Å². The molecular formula is C17H28OSi. The maximum Gasteiger partial charge on any atom is 0.0834 e. The fourth-order valence-electron chi connectivity index (χ4n) is 3.70. The fourth-order valence-corrected chi connectivity index (χ4v) is 7.24. The van der Waals surface area contributed by atoms with Gasteiger partial charge in [0.05, 0.1) is 19.8 Å². The zero-order chi connectivity index (χ0) is 14.3. The summed E-state index contributed by atoms with van der Waals surface area (Å²) in [7, 11) is -1.46. The predicted molar refractivity (Wildman–Crippen MR) is 85.7 cm³/mol. The Hall–Kier alpha value is -0.603. The van der Waals surface area contributed by atoms with Gasteiger partial charge in [-0.25, -0.2) is 0 Å². The molecule has 2 rings (SSSR count). The quantitative estimate of drug-likeness (QED) is 0.752. The van der Waals surface area contributed by atoms with Crippen molar-refractivity contribution in [3.05, 3.63) is 30.3 Å². The Morgan fingerprint density at radius 1 is 1.16 bits per heavy atom. The van der Waals surface area contributed by atoms with Crippen molar-refractivity contribution in [2.45, 2.75) is 65.0 Å². The van der Waals surface area contributed by atoms with Gasteiger partial charge in [0.1, 0.15) is 0 Å². The molecule has 0 N–H and O–H groups in total. The maximum absolute atomic E-state index is 6.36. The molecule has 1 aromatic carbocycles. The minimum absolute atomic E-state index is 0.0119. The number of rotatable bonds is 3. The molecule has 1 heterocycles. The Morgan fingerprint density at radius 3 is 2.21 bits per heavy atom. The Bertz CT molecular complexity index is 438. The van der Waals surface area contributed by atoms with E-state index in [-0.39, 0.29) is 11.0 Å². The molecule has 0 radical (unpaired) electrons. The van der Waals surface area contributed by atoms with Crippen molar-refractivity contribution in [2.75, 3.05) is 0 Å². The molecule has 2 heteroatoms. The van der Waals surface area contributed by atoms with Crippen LogP contribution in [-0.4, -0.2) is 19.8 Å². The van der Waals surface area contributed by atoms with Crippen LogP contribution >= 0.6 is 0 Å². The highest BCUT2D eigenvalue weighted by molar-refractivity contribution is 6.90. The number of benzene rings is 1. The highest BCUT2D eigenvalue weighted by Crippen LogP contribution is 2.49. The lowest BCUT2D eigenvalue weighted by Gasteiger charge is -2.42. The molecule has 19 heavy (non-hydrogen) atoms. The molecule has 0 amide bonds. The van der Waals surface area contributed by atoms with Crippen LogP contribution in [0.5, 0.6) is 0 Å². The van der Waals surface area contributed by atoms with Gasteiger partial charge in [0.25, 0.3) is 0 Å². The highest BCUT2D eigenvalue weighted by atomic mass is 28.3. The van der Waals surface area contributed by atoms with E-state index in [4.69, 9.17) is 4.74 Å². The Balaban J connectivity index is 2.25. The molecule has 1 aromatic rings.